The number of benzene rings is 3. The van der Waals surface area contributed by atoms with Gasteiger partial charge in [-0.05, 0) is 65.7 Å². The van der Waals surface area contributed by atoms with E-state index >= 15 is 0 Å². The topological polar surface area (TPSA) is 71.1 Å². The van der Waals surface area contributed by atoms with Gasteiger partial charge in [0.2, 0.25) is 0 Å². The maximum Gasteiger partial charge on any atom is 0.336 e. The quantitative estimate of drug-likeness (QED) is 0.195. The number of ether oxygens (including phenoxy) is 4. The first-order valence-electron chi connectivity index (χ1n) is 10.1. The fraction of sp³-hybridized carbons (Fsp3) is 0.111. The first-order valence-corrected chi connectivity index (χ1v) is 10.1. The largest absolute Gasteiger partial charge is 0.497 e. The minimum atomic E-state index is -0.491. The molecule has 0 radical (unpaired) electrons. The Morgan fingerprint density at radius 1 is 0.636 bits per heavy atom. The van der Waals surface area contributed by atoms with Crippen molar-refractivity contribution in [2.75, 3.05) is 21.3 Å². The Hall–Kier alpha value is -4.32. The van der Waals surface area contributed by atoms with Crippen LogP contribution in [-0.4, -0.2) is 33.1 Å². The summed E-state index contributed by atoms with van der Waals surface area (Å²) in [6.45, 7) is 0. The summed E-state index contributed by atoms with van der Waals surface area (Å²) >= 11 is 0. The first-order chi connectivity index (χ1) is 16.0. The van der Waals surface area contributed by atoms with Crippen molar-refractivity contribution >= 4 is 23.9 Å². The average molecular weight is 444 g/mol. The molecule has 6 heteroatoms. The van der Waals surface area contributed by atoms with Crippen LogP contribution in [0.15, 0.2) is 78.9 Å². The fourth-order valence-electron chi connectivity index (χ4n) is 2.94. The van der Waals surface area contributed by atoms with E-state index in [2.05, 4.69) is 0 Å². The number of esters is 1. The van der Waals surface area contributed by atoms with Crippen LogP contribution in [0.2, 0.25) is 0 Å². The van der Waals surface area contributed by atoms with Crippen molar-refractivity contribution in [3.05, 3.63) is 95.6 Å². The second-order valence-electron chi connectivity index (χ2n) is 6.86. The second kappa shape index (κ2) is 11.3. The van der Waals surface area contributed by atoms with Gasteiger partial charge in [0.15, 0.2) is 5.78 Å². The predicted molar refractivity (Wildman–Crippen MR) is 127 cm³/mol. The lowest BCUT2D eigenvalue weighted by atomic mass is 10.1. The molecule has 0 heterocycles. The van der Waals surface area contributed by atoms with Crippen molar-refractivity contribution in [2.45, 2.75) is 0 Å². The molecule has 3 aromatic rings. The molecule has 0 unspecified atom stereocenters. The van der Waals surface area contributed by atoms with E-state index < -0.39 is 5.97 Å². The summed E-state index contributed by atoms with van der Waals surface area (Å²) in [6.07, 6.45) is 6.15. The molecule has 33 heavy (non-hydrogen) atoms. The zero-order chi connectivity index (χ0) is 23.6. The third kappa shape index (κ3) is 6.58. The van der Waals surface area contributed by atoms with Gasteiger partial charge in [0.25, 0.3) is 0 Å². The predicted octanol–water partition coefficient (Wildman–Crippen LogP) is 5.23. The summed E-state index contributed by atoms with van der Waals surface area (Å²) < 4.78 is 20.9. The highest BCUT2D eigenvalue weighted by atomic mass is 16.5. The molecule has 0 aromatic heterocycles. The van der Waals surface area contributed by atoms with Crippen LogP contribution in [-0.2, 0) is 4.79 Å². The minimum absolute atomic E-state index is 0.218. The molecule has 0 amide bonds. The Morgan fingerprint density at radius 3 is 1.76 bits per heavy atom. The molecule has 0 N–H and O–H groups in total. The van der Waals surface area contributed by atoms with Gasteiger partial charge in [0.1, 0.15) is 23.0 Å². The molecule has 6 nitrogen and oxygen atoms in total. The van der Waals surface area contributed by atoms with Gasteiger partial charge in [0, 0.05) is 6.08 Å². The number of ketones is 1. The van der Waals surface area contributed by atoms with Gasteiger partial charge in [0.05, 0.1) is 26.9 Å². The Morgan fingerprint density at radius 2 is 1.18 bits per heavy atom. The standard InChI is InChI=1S/C27H24O6/c1-30-21-10-4-20(5-11-21)9-17-27(29)33-22-12-6-19(7-13-22)8-15-25(28)24-18-23(31-2)14-16-26(24)32-3/h4-18H,1-3H3/b15-8+,17-9+. The number of allylic oxidation sites excluding steroid dienone is 1. The van der Waals surface area contributed by atoms with Gasteiger partial charge in [-0.15, -0.1) is 0 Å². The summed E-state index contributed by atoms with van der Waals surface area (Å²) in [6, 6.07) is 19.2. The lowest BCUT2D eigenvalue weighted by Gasteiger charge is -2.07. The van der Waals surface area contributed by atoms with E-state index in [-0.39, 0.29) is 5.78 Å². The Labute approximate surface area is 192 Å². The van der Waals surface area contributed by atoms with Crippen LogP contribution in [0.5, 0.6) is 23.0 Å². The molecule has 0 fully saturated rings. The zero-order valence-corrected chi connectivity index (χ0v) is 18.6. The maximum absolute atomic E-state index is 12.6. The zero-order valence-electron chi connectivity index (χ0n) is 18.6. The molecule has 0 saturated heterocycles. The normalized spacial score (nSPS) is 10.9. The average Bonchev–Trinajstić information content (AvgIpc) is 2.86. The lowest BCUT2D eigenvalue weighted by Crippen LogP contribution is -2.03. The molecule has 3 rings (SSSR count). The lowest BCUT2D eigenvalue weighted by molar-refractivity contribution is -0.128. The summed E-state index contributed by atoms with van der Waals surface area (Å²) in [4.78, 5) is 24.7. The van der Waals surface area contributed by atoms with Crippen molar-refractivity contribution < 1.29 is 28.5 Å². The molecule has 168 valence electrons. The van der Waals surface area contributed by atoms with Gasteiger partial charge in [-0.2, -0.15) is 0 Å². The van der Waals surface area contributed by atoms with Crippen molar-refractivity contribution in [3.8, 4) is 23.0 Å². The molecule has 0 saturated carbocycles. The van der Waals surface area contributed by atoms with Crippen LogP contribution in [0.4, 0.5) is 0 Å². The van der Waals surface area contributed by atoms with Crippen LogP contribution in [0.3, 0.4) is 0 Å². The second-order valence-corrected chi connectivity index (χ2v) is 6.86. The SMILES string of the molecule is COc1ccc(/C=C/C(=O)Oc2ccc(/C=C/C(=O)c3cc(OC)ccc3OC)cc2)cc1. The van der Waals surface area contributed by atoms with Gasteiger partial charge in [-0.3, -0.25) is 4.79 Å². The highest BCUT2D eigenvalue weighted by molar-refractivity contribution is 6.08. The van der Waals surface area contributed by atoms with Gasteiger partial charge < -0.3 is 18.9 Å². The van der Waals surface area contributed by atoms with E-state index in [0.717, 1.165) is 16.9 Å². The summed E-state index contributed by atoms with van der Waals surface area (Å²) in [5, 5.41) is 0. The fourth-order valence-corrected chi connectivity index (χ4v) is 2.94. The van der Waals surface area contributed by atoms with Crippen LogP contribution < -0.4 is 18.9 Å². The molecule has 0 atom stereocenters. The highest BCUT2D eigenvalue weighted by Crippen LogP contribution is 2.25. The van der Waals surface area contributed by atoms with Crippen molar-refractivity contribution in [2.24, 2.45) is 0 Å². The third-order valence-electron chi connectivity index (χ3n) is 4.73. The summed E-state index contributed by atoms with van der Waals surface area (Å²) in [7, 11) is 4.64. The maximum atomic E-state index is 12.6. The van der Waals surface area contributed by atoms with E-state index in [1.54, 1.807) is 61.7 Å². The third-order valence-corrected chi connectivity index (χ3v) is 4.73. The van der Waals surface area contributed by atoms with Crippen LogP contribution in [0.25, 0.3) is 12.2 Å². The highest BCUT2D eigenvalue weighted by Gasteiger charge is 2.11. The molecular weight excluding hydrogens is 420 g/mol. The number of rotatable bonds is 9. The monoisotopic (exact) mass is 444 g/mol. The van der Waals surface area contributed by atoms with E-state index in [4.69, 9.17) is 18.9 Å². The Balaban J connectivity index is 1.60. The molecule has 0 aliphatic carbocycles. The number of carbonyl (C=O) groups is 2. The molecule has 0 spiro atoms. The van der Waals surface area contributed by atoms with Crippen molar-refractivity contribution in [3.63, 3.8) is 0 Å². The van der Waals surface area contributed by atoms with E-state index in [1.165, 1.54) is 26.4 Å². The van der Waals surface area contributed by atoms with Crippen molar-refractivity contribution in [1.82, 2.24) is 0 Å². The molecular formula is C27H24O6. The van der Waals surface area contributed by atoms with Gasteiger partial charge in [-0.25, -0.2) is 4.79 Å². The summed E-state index contributed by atoms with van der Waals surface area (Å²) in [5.41, 5.74) is 2.03. The molecule has 0 bridgehead atoms. The van der Waals surface area contributed by atoms with E-state index in [1.807, 2.05) is 24.3 Å². The Bertz CT molecular complexity index is 1160. The van der Waals surface area contributed by atoms with Gasteiger partial charge >= 0.3 is 5.97 Å². The van der Waals surface area contributed by atoms with Crippen LogP contribution in [0, 0.1) is 0 Å². The molecule has 0 aliphatic rings. The van der Waals surface area contributed by atoms with E-state index in [9.17, 15) is 9.59 Å². The van der Waals surface area contributed by atoms with Crippen LogP contribution in [0.1, 0.15) is 21.5 Å². The van der Waals surface area contributed by atoms with Gasteiger partial charge in [-0.1, -0.05) is 30.3 Å². The number of hydrogen-bond acceptors (Lipinski definition) is 6. The van der Waals surface area contributed by atoms with E-state index in [0.29, 0.717) is 22.8 Å². The molecule has 0 aliphatic heterocycles. The first kappa shape index (κ1) is 23.3. The smallest absolute Gasteiger partial charge is 0.336 e. The Kier molecular flexibility index (Phi) is 8.02. The summed E-state index contributed by atoms with van der Waals surface area (Å²) in [5.74, 6) is 1.47. The number of methoxy groups -OCH3 is 3. The number of carbonyl (C=O) groups excluding carboxylic acids is 2. The number of hydrogen-bond donors (Lipinski definition) is 0. The minimum Gasteiger partial charge on any atom is -0.497 e. The molecule has 3 aromatic carbocycles. The van der Waals surface area contributed by atoms with Crippen molar-refractivity contribution in [1.29, 1.82) is 0 Å². The van der Waals surface area contributed by atoms with Crippen LogP contribution >= 0.6 is 0 Å².